The van der Waals surface area contributed by atoms with Crippen LogP contribution < -0.4 is 15.4 Å². The molecular formula is C17H27FIN3O. The molecule has 2 rings (SSSR count). The maximum Gasteiger partial charge on any atom is 0.191 e. The van der Waals surface area contributed by atoms with Crippen molar-refractivity contribution in [1.29, 1.82) is 0 Å². The summed E-state index contributed by atoms with van der Waals surface area (Å²) in [5.74, 6) is 1.65. The fraction of sp³-hybridized carbons (Fsp3) is 0.588. The highest BCUT2D eigenvalue weighted by Gasteiger charge is 2.20. The van der Waals surface area contributed by atoms with E-state index in [4.69, 9.17) is 4.74 Å². The molecule has 130 valence electrons. The first-order valence-electron chi connectivity index (χ1n) is 8.08. The van der Waals surface area contributed by atoms with Crippen molar-refractivity contribution in [2.75, 3.05) is 20.1 Å². The van der Waals surface area contributed by atoms with E-state index in [1.165, 1.54) is 25.3 Å². The number of aliphatic imine (C=N–C) groups is 1. The summed E-state index contributed by atoms with van der Waals surface area (Å²) in [5.41, 5.74) is 0. The van der Waals surface area contributed by atoms with Gasteiger partial charge >= 0.3 is 0 Å². The van der Waals surface area contributed by atoms with Crippen LogP contribution in [-0.4, -0.2) is 32.2 Å². The van der Waals surface area contributed by atoms with E-state index in [0.717, 1.165) is 24.8 Å². The molecule has 1 saturated carbocycles. The lowest BCUT2D eigenvalue weighted by molar-refractivity contribution is 0.191. The number of rotatable bonds is 8. The molecule has 0 heterocycles. The molecule has 0 spiro atoms. The lowest BCUT2D eigenvalue weighted by atomic mass is 10.2. The maximum absolute atomic E-state index is 13.6. The number of nitrogens with one attached hydrogen (secondary N) is 2. The second-order valence-corrected chi connectivity index (χ2v) is 5.69. The molecule has 0 radical (unpaired) electrons. The molecule has 1 aromatic rings. The summed E-state index contributed by atoms with van der Waals surface area (Å²) >= 11 is 0. The monoisotopic (exact) mass is 435 g/mol. The topological polar surface area (TPSA) is 45.7 Å². The molecule has 1 aliphatic carbocycles. The van der Waals surface area contributed by atoms with E-state index in [1.807, 2.05) is 6.92 Å². The van der Waals surface area contributed by atoms with E-state index < -0.39 is 0 Å². The number of para-hydroxylation sites is 1. The van der Waals surface area contributed by atoms with Crippen molar-refractivity contribution in [3.05, 3.63) is 30.1 Å². The van der Waals surface area contributed by atoms with Crippen molar-refractivity contribution >= 4 is 29.9 Å². The molecular weight excluding hydrogens is 408 g/mol. The quantitative estimate of drug-likeness (QED) is 0.373. The number of nitrogens with zero attached hydrogens (tertiary/aromatic N) is 1. The molecule has 0 amide bonds. The Hall–Kier alpha value is -1.05. The summed E-state index contributed by atoms with van der Waals surface area (Å²) in [6.45, 7) is 3.56. The molecule has 2 N–H and O–H groups in total. The van der Waals surface area contributed by atoms with Crippen LogP contribution >= 0.6 is 24.0 Å². The Labute approximate surface area is 155 Å². The summed E-state index contributed by atoms with van der Waals surface area (Å²) in [6.07, 6.45) is 4.62. The van der Waals surface area contributed by atoms with E-state index in [1.54, 1.807) is 25.2 Å². The molecule has 23 heavy (non-hydrogen) atoms. The summed E-state index contributed by atoms with van der Waals surface area (Å²) in [5, 5.41) is 6.55. The van der Waals surface area contributed by atoms with Crippen LogP contribution in [0.2, 0.25) is 0 Å². The Morgan fingerprint density at radius 3 is 2.70 bits per heavy atom. The number of ether oxygens (including phenoxy) is 1. The van der Waals surface area contributed by atoms with Gasteiger partial charge in [-0.05, 0) is 30.9 Å². The van der Waals surface area contributed by atoms with Crippen molar-refractivity contribution in [3.63, 3.8) is 0 Å². The van der Waals surface area contributed by atoms with E-state index >= 15 is 0 Å². The molecule has 0 aliphatic heterocycles. The van der Waals surface area contributed by atoms with E-state index in [2.05, 4.69) is 15.6 Å². The van der Waals surface area contributed by atoms with Gasteiger partial charge in [0, 0.05) is 13.6 Å². The van der Waals surface area contributed by atoms with Crippen molar-refractivity contribution < 1.29 is 9.13 Å². The minimum Gasteiger partial charge on any atom is -0.486 e. The smallest absolute Gasteiger partial charge is 0.191 e. The van der Waals surface area contributed by atoms with Crippen LogP contribution in [0, 0.1) is 11.7 Å². The van der Waals surface area contributed by atoms with Crippen LogP contribution in [-0.2, 0) is 0 Å². The van der Waals surface area contributed by atoms with Gasteiger partial charge in [-0.2, -0.15) is 0 Å². The highest BCUT2D eigenvalue weighted by molar-refractivity contribution is 14.0. The Kier molecular flexibility index (Phi) is 9.28. The Morgan fingerprint density at radius 2 is 2.09 bits per heavy atom. The lowest BCUT2D eigenvalue weighted by Gasteiger charge is -2.20. The highest BCUT2D eigenvalue weighted by Crippen LogP contribution is 2.31. The molecule has 1 aliphatic rings. The van der Waals surface area contributed by atoms with Gasteiger partial charge in [-0.3, -0.25) is 4.99 Å². The van der Waals surface area contributed by atoms with Crippen molar-refractivity contribution in [3.8, 4) is 5.75 Å². The first-order valence-corrected chi connectivity index (χ1v) is 8.08. The highest BCUT2D eigenvalue weighted by atomic mass is 127. The van der Waals surface area contributed by atoms with Crippen LogP contribution in [0.4, 0.5) is 4.39 Å². The Morgan fingerprint density at radius 1 is 1.35 bits per heavy atom. The van der Waals surface area contributed by atoms with Gasteiger partial charge in [-0.15, -0.1) is 24.0 Å². The fourth-order valence-electron chi connectivity index (χ4n) is 2.22. The minimum atomic E-state index is -0.326. The summed E-state index contributed by atoms with van der Waals surface area (Å²) < 4.78 is 19.3. The normalized spacial score (nSPS) is 15.5. The number of benzene rings is 1. The van der Waals surface area contributed by atoms with Gasteiger partial charge in [0.15, 0.2) is 17.5 Å². The second kappa shape index (κ2) is 10.7. The molecule has 1 fully saturated rings. The zero-order chi connectivity index (χ0) is 15.8. The average Bonchev–Trinajstić information content (AvgIpc) is 3.35. The number of halogens is 2. The van der Waals surface area contributed by atoms with Gasteiger partial charge in [0.1, 0.15) is 6.10 Å². The van der Waals surface area contributed by atoms with Crippen molar-refractivity contribution in [2.24, 2.45) is 10.9 Å². The molecule has 6 heteroatoms. The number of hydrogen-bond acceptors (Lipinski definition) is 2. The molecule has 4 nitrogen and oxygen atoms in total. The molecule has 0 saturated heterocycles. The van der Waals surface area contributed by atoms with E-state index in [-0.39, 0.29) is 35.9 Å². The van der Waals surface area contributed by atoms with Crippen LogP contribution in [0.3, 0.4) is 0 Å². The molecule has 1 atom stereocenters. The first kappa shape index (κ1) is 20.0. The fourth-order valence-corrected chi connectivity index (χ4v) is 2.22. The van der Waals surface area contributed by atoms with Gasteiger partial charge in [-0.1, -0.05) is 31.9 Å². The zero-order valence-corrected chi connectivity index (χ0v) is 16.2. The van der Waals surface area contributed by atoms with Crippen LogP contribution in [0.1, 0.15) is 32.6 Å². The van der Waals surface area contributed by atoms with E-state index in [0.29, 0.717) is 12.3 Å². The third-order valence-corrected chi connectivity index (χ3v) is 3.85. The predicted molar refractivity (Wildman–Crippen MR) is 103 cm³/mol. The minimum absolute atomic E-state index is 0. The van der Waals surface area contributed by atoms with Crippen molar-refractivity contribution in [2.45, 2.75) is 38.7 Å². The summed E-state index contributed by atoms with van der Waals surface area (Å²) in [6, 6.07) is 6.50. The maximum atomic E-state index is 13.6. The average molecular weight is 435 g/mol. The SMILES string of the molecule is CCC(CNC(=NC)NCCC1CC1)Oc1ccccc1F.I. The second-order valence-electron chi connectivity index (χ2n) is 5.69. The van der Waals surface area contributed by atoms with Crippen LogP contribution in [0.15, 0.2) is 29.3 Å². The Bertz CT molecular complexity index is 494. The van der Waals surface area contributed by atoms with Gasteiger partial charge < -0.3 is 15.4 Å². The molecule has 0 aromatic heterocycles. The van der Waals surface area contributed by atoms with E-state index in [9.17, 15) is 4.39 Å². The van der Waals surface area contributed by atoms with Gasteiger partial charge in [-0.25, -0.2) is 4.39 Å². The third kappa shape index (κ3) is 7.37. The van der Waals surface area contributed by atoms with Crippen LogP contribution in [0.25, 0.3) is 0 Å². The first-order chi connectivity index (χ1) is 10.7. The van der Waals surface area contributed by atoms with Gasteiger partial charge in [0.2, 0.25) is 0 Å². The van der Waals surface area contributed by atoms with Gasteiger partial charge in [0.05, 0.1) is 6.54 Å². The standard InChI is InChI=1S/C17H26FN3O.HI/c1-3-14(22-16-7-5-4-6-15(16)18)12-21-17(19-2)20-11-10-13-8-9-13;/h4-7,13-14H,3,8-12H2,1-2H3,(H2,19,20,21);1H. The number of guanidine groups is 1. The van der Waals surface area contributed by atoms with Crippen LogP contribution in [0.5, 0.6) is 5.75 Å². The molecule has 1 unspecified atom stereocenters. The zero-order valence-electron chi connectivity index (χ0n) is 13.8. The Balaban J connectivity index is 0.00000264. The predicted octanol–water partition coefficient (Wildman–Crippen LogP) is 3.57. The largest absolute Gasteiger partial charge is 0.486 e. The summed E-state index contributed by atoms with van der Waals surface area (Å²) in [7, 11) is 1.76. The lowest BCUT2D eigenvalue weighted by Crippen LogP contribution is -2.42. The summed E-state index contributed by atoms with van der Waals surface area (Å²) in [4.78, 5) is 4.20. The number of hydrogen-bond donors (Lipinski definition) is 2. The van der Waals surface area contributed by atoms with Gasteiger partial charge in [0.25, 0.3) is 0 Å². The van der Waals surface area contributed by atoms with Crippen molar-refractivity contribution in [1.82, 2.24) is 10.6 Å². The third-order valence-electron chi connectivity index (χ3n) is 3.85. The molecule has 0 bridgehead atoms. The molecule has 1 aromatic carbocycles.